The van der Waals surface area contributed by atoms with Crippen LogP contribution < -0.4 is 15.6 Å². The van der Waals surface area contributed by atoms with Gasteiger partial charge in [0.15, 0.2) is 4.96 Å². The van der Waals surface area contributed by atoms with Gasteiger partial charge in [-0.25, -0.2) is 4.98 Å². The Labute approximate surface area is 163 Å². The summed E-state index contributed by atoms with van der Waals surface area (Å²) in [5.41, 5.74) is 3.25. The highest BCUT2D eigenvalue weighted by Gasteiger charge is 2.18. The molecule has 2 heterocycles. The number of methoxy groups -OCH3 is 1. The lowest BCUT2D eigenvalue weighted by Crippen LogP contribution is -2.23. The smallest absolute Gasteiger partial charge is 0.259 e. The number of hydrogen-bond donors (Lipinski definition) is 1. The molecule has 0 saturated carbocycles. The number of hydrogen-bond acceptors (Lipinski definition) is 5. The average Bonchev–Trinajstić information content (AvgIpc) is 3.08. The van der Waals surface area contributed by atoms with E-state index in [0.717, 1.165) is 42.1 Å². The Bertz CT molecular complexity index is 991. The molecule has 0 saturated heterocycles. The monoisotopic (exact) mass is 383 g/mol. The number of rotatable bonds is 6. The van der Waals surface area contributed by atoms with Crippen molar-refractivity contribution in [1.29, 1.82) is 0 Å². The van der Waals surface area contributed by atoms with E-state index in [9.17, 15) is 4.79 Å². The fourth-order valence-corrected chi connectivity index (χ4v) is 5.03. The van der Waals surface area contributed by atoms with Crippen molar-refractivity contribution in [1.82, 2.24) is 14.7 Å². The summed E-state index contributed by atoms with van der Waals surface area (Å²) in [6, 6.07) is 10.0. The average molecular weight is 384 g/mol. The summed E-state index contributed by atoms with van der Waals surface area (Å²) in [5.74, 6) is 0.857. The van der Waals surface area contributed by atoms with Gasteiger partial charge in [0.2, 0.25) is 0 Å². The highest BCUT2D eigenvalue weighted by Crippen LogP contribution is 2.28. The molecule has 0 bridgehead atoms. The van der Waals surface area contributed by atoms with Gasteiger partial charge in [-0.05, 0) is 49.8 Å². The van der Waals surface area contributed by atoms with Crippen LogP contribution in [0.25, 0.3) is 4.96 Å². The standard InChI is InChI=1S/C21H25N3O2S/c1-3-17(14-8-10-16(26-2)11-9-14)22-13-15-12-20(25)24-18-6-4-5-7-19(18)27-21(24)23-15/h8-12,17,22H,3-7,13H2,1-2H3/t17-/m0/s1. The van der Waals surface area contributed by atoms with Crippen molar-refractivity contribution >= 4 is 16.3 Å². The van der Waals surface area contributed by atoms with Crippen LogP contribution >= 0.6 is 11.3 Å². The summed E-state index contributed by atoms with van der Waals surface area (Å²) in [4.78, 5) is 19.6. The van der Waals surface area contributed by atoms with E-state index in [0.29, 0.717) is 6.54 Å². The molecule has 0 spiro atoms. The van der Waals surface area contributed by atoms with Crippen molar-refractivity contribution in [3.8, 4) is 5.75 Å². The van der Waals surface area contributed by atoms with E-state index in [1.54, 1.807) is 24.5 Å². The lowest BCUT2D eigenvalue weighted by molar-refractivity contribution is 0.414. The summed E-state index contributed by atoms with van der Waals surface area (Å²) in [5, 5.41) is 3.55. The van der Waals surface area contributed by atoms with Crippen molar-refractivity contribution in [2.45, 2.75) is 51.6 Å². The maximum absolute atomic E-state index is 12.7. The normalized spacial score (nSPS) is 14.9. The number of fused-ring (bicyclic) bond motifs is 3. The zero-order valence-electron chi connectivity index (χ0n) is 15.8. The summed E-state index contributed by atoms with van der Waals surface area (Å²) in [6.45, 7) is 2.74. The lowest BCUT2D eigenvalue weighted by atomic mass is 10.0. The van der Waals surface area contributed by atoms with E-state index in [4.69, 9.17) is 9.72 Å². The first-order valence-electron chi connectivity index (χ1n) is 9.60. The maximum Gasteiger partial charge on any atom is 0.259 e. The van der Waals surface area contributed by atoms with Crippen molar-refractivity contribution < 1.29 is 4.74 Å². The zero-order valence-corrected chi connectivity index (χ0v) is 16.6. The van der Waals surface area contributed by atoms with Crippen molar-refractivity contribution in [3.63, 3.8) is 0 Å². The van der Waals surface area contributed by atoms with Crippen LogP contribution in [0.15, 0.2) is 35.1 Å². The van der Waals surface area contributed by atoms with Gasteiger partial charge in [0.25, 0.3) is 5.56 Å². The second-order valence-corrected chi connectivity index (χ2v) is 8.06. The molecular weight excluding hydrogens is 358 g/mol. The van der Waals surface area contributed by atoms with Gasteiger partial charge in [0.05, 0.1) is 12.8 Å². The number of nitrogens with zero attached hydrogens (tertiary/aromatic N) is 2. The fourth-order valence-electron chi connectivity index (χ4n) is 3.79. The van der Waals surface area contributed by atoms with Crippen LogP contribution in [-0.4, -0.2) is 16.5 Å². The Hall–Kier alpha value is -2.18. The van der Waals surface area contributed by atoms with Gasteiger partial charge < -0.3 is 10.1 Å². The molecule has 0 aliphatic heterocycles. The van der Waals surface area contributed by atoms with E-state index in [1.807, 2.05) is 16.5 Å². The van der Waals surface area contributed by atoms with Crippen LogP contribution in [0.2, 0.25) is 0 Å². The minimum absolute atomic E-state index is 0.0497. The Balaban J connectivity index is 1.54. The van der Waals surface area contributed by atoms with Crippen molar-refractivity contribution in [2.24, 2.45) is 0 Å². The van der Waals surface area contributed by atoms with Crippen molar-refractivity contribution in [3.05, 3.63) is 62.5 Å². The van der Waals surface area contributed by atoms with Gasteiger partial charge in [0, 0.05) is 29.2 Å². The fraction of sp³-hybridized carbons (Fsp3) is 0.429. The van der Waals surface area contributed by atoms with Crippen LogP contribution in [0.3, 0.4) is 0 Å². The molecule has 1 atom stereocenters. The summed E-state index contributed by atoms with van der Waals surface area (Å²) in [7, 11) is 1.67. The molecule has 5 nitrogen and oxygen atoms in total. The van der Waals surface area contributed by atoms with Gasteiger partial charge in [-0.3, -0.25) is 9.20 Å². The van der Waals surface area contributed by atoms with Crippen LogP contribution in [0, 0.1) is 0 Å². The molecule has 1 aliphatic rings. The molecule has 0 fully saturated rings. The Morgan fingerprint density at radius 3 is 2.78 bits per heavy atom. The first-order valence-corrected chi connectivity index (χ1v) is 10.4. The van der Waals surface area contributed by atoms with Gasteiger partial charge in [0.1, 0.15) is 5.75 Å². The molecule has 0 unspecified atom stereocenters. The SMILES string of the molecule is CC[C@H](NCc1cc(=O)n2c3c(sc2n1)CCCC3)c1ccc(OC)cc1. The molecular formula is C21H25N3O2S. The predicted molar refractivity (Wildman–Crippen MR) is 109 cm³/mol. The number of thiazole rings is 1. The third kappa shape index (κ3) is 3.64. The third-order valence-corrected chi connectivity index (χ3v) is 6.41. The summed E-state index contributed by atoms with van der Waals surface area (Å²) >= 11 is 1.68. The molecule has 1 N–H and O–H groups in total. The molecule has 27 heavy (non-hydrogen) atoms. The third-order valence-electron chi connectivity index (χ3n) is 5.27. The first-order chi connectivity index (χ1) is 13.2. The molecule has 3 aromatic rings. The van der Waals surface area contributed by atoms with E-state index >= 15 is 0 Å². The topological polar surface area (TPSA) is 55.6 Å². The minimum Gasteiger partial charge on any atom is -0.497 e. The van der Waals surface area contributed by atoms with Gasteiger partial charge in [-0.2, -0.15) is 0 Å². The van der Waals surface area contributed by atoms with Gasteiger partial charge in [-0.15, -0.1) is 11.3 Å². The zero-order chi connectivity index (χ0) is 18.8. The van der Waals surface area contributed by atoms with Crippen LogP contribution in [0.4, 0.5) is 0 Å². The van der Waals surface area contributed by atoms with Crippen molar-refractivity contribution in [2.75, 3.05) is 7.11 Å². The molecule has 1 aromatic carbocycles. The second kappa shape index (κ2) is 7.82. The first kappa shape index (κ1) is 18.2. The highest BCUT2D eigenvalue weighted by atomic mass is 32.1. The van der Waals surface area contributed by atoms with E-state index < -0.39 is 0 Å². The highest BCUT2D eigenvalue weighted by molar-refractivity contribution is 7.17. The molecule has 142 valence electrons. The number of nitrogens with one attached hydrogen (secondary N) is 1. The molecule has 1 aliphatic carbocycles. The number of aryl methyl sites for hydroxylation is 2. The van der Waals surface area contributed by atoms with Crippen LogP contribution in [0.5, 0.6) is 5.75 Å². The Morgan fingerprint density at radius 1 is 1.26 bits per heavy atom. The summed E-state index contributed by atoms with van der Waals surface area (Å²) < 4.78 is 7.06. The lowest BCUT2D eigenvalue weighted by Gasteiger charge is -2.17. The van der Waals surface area contributed by atoms with Crippen LogP contribution in [-0.2, 0) is 19.4 Å². The number of benzene rings is 1. The minimum atomic E-state index is 0.0497. The number of ether oxygens (including phenoxy) is 1. The van der Waals surface area contributed by atoms with E-state index in [-0.39, 0.29) is 11.6 Å². The van der Waals surface area contributed by atoms with Gasteiger partial charge in [-0.1, -0.05) is 19.1 Å². The van der Waals surface area contributed by atoms with E-state index in [1.165, 1.54) is 22.6 Å². The molecule has 4 rings (SSSR count). The van der Waals surface area contributed by atoms with Crippen LogP contribution in [0.1, 0.15) is 54.1 Å². The summed E-state index contributed by atoms with van der Waals surface area (Å²) in [6.07, 6.45) is 5.40. The molecule has 0 radical (unpaired) electrons. The molecule has 6 heteroatoms. The second-order valence-electron chi connectivity index (χ2n) is 7.00. The van der Waals surface area contributed by atoms with E-state index in [2.05, 4.69) is 24.4 Å². The Kier molecular flexibility index (Phi) is 5.27. The maximum atomic E-state index is 12.7. The number of aromatic nitrogens is 2. The quantitative estimate of drug-likeness (QED) is 0.702. The molecule has 0 amide bonds. The Morgan fingerprint density at radius 2 is 2.04 bits per heavy atom. The predicted octanol–water partition coefficient (Wildman–Crippen LogP) is 3.88. The van der Waals surface area contributed by atoms with Gasteiger partial charge >= 0.3 is 0 Å². The molecule has 2 aromatic heterocycles. The largest absolute Gasteiger partial charge is 0.497 e.